The van der Waals surface area contributed by atoms with E-state index in [9.17, 15) is 9.59 Å². The van der Waals surface area contributed by atoms with Crippen LogP contribution < -0.4 is 0 Å². The molecule has 0 aliphatic rings. The van der Waals surface area contributed by atoms with Gasteiger partial charge in [0.2, 0.25) is 0 Å². The zero-order valence-corrected chi connectivity index (χ0v) is 7.69. The van der Waals surface area contributed by atoms with Gasteiger partial charge in [-0.3, -0.25) is 9.59 Å². The van der Waals surface area contributed by atoms with Crippen molar-refractivity contribution in [2.24, 2.45) is 0 Å². The molecule has 0 aromatic rings. The number of carbonyl (C=O) groups is 2. The fraction of sp³-hybridized carbons (Fsp3) is 0.750. The molecule has 0 saturated carbocycles. The predicted molar refractivity (Wildman–Crippen MR) is 51.7 cm³/mol. The van der Waals surface area contributed by atoms with Gasteiger partial charge in [-0.1, -0.05) is 0 Å². The topological polar surface area (TPSA) is 83.8 Å². The molecule has 0 fully saturated rings. The number of rotatable bonds is 6. The average molecular weight is 214 g/mol. The van der Waals surface area contributed by atoms with Gasteiger partial charge in [-0.25, -0.2) is 0 Å². The zero-order chi connectivity index (χ0) is 10.4. The van der Waals surface area contributed by atoms with Crippen molar-refractivity contribution in [3.05, 3.63) is 0 Å². The summed E-state index contributed by atoms with van der Waals surface area (Å²) in [6, 6.07) is 0. The maximum absolute atomic E-state index is 10.2. The minimum absolute atomic E-state index is 0. The van der Waals surface area contributed by atoms with E-state index in [4.69, 9.17) is 14.9 Å². The SMILES string of the molecule is CC(CC(=O)O)OC(C)CC(=O)O.[NaH]. The summed E-state index contributed by atoms with van der Waals surface area (Å²) in [5.74, 6) is -1.90. The number of aliphatic carboxylic acids is 2. The van der Waals surface area contributed by atoms with Crippen LogP contribution in [0.5, 0.6) is 0 Å². The third kappa shape index (κ3) is 9.98. The van der Waals surface area contributed by atoms with E-state index >= 15 is 0 Å². The van der Waals surface area contributed by atoms with E-state index in [1.165, 1.54) is 0 Å². The molecule has 5 nitrogen and oxygen atoms in total. The Bertz CT molecular complexity index is 174. The zero-order valence-electron chi connectivity index (χ0n) is 7.69. The molecular weight excluding hydrogens is 199 g/mol. The van der Waals surface area contributed by atoms with Gasteiger partial charge in [0.05, 0.1) is 25.0 Å². The van der Waals surface area contributed by atoms with Gasteiger partial charge >= 0.3 is 41.5 Å². The molecule has 0 rings (SSSR count). The normalized spacial score (nSPS) is 13.9. The van der Waals surface area contributed by atoms with Crippen molar-refractivity contribution in [3.8, 4) is 0 Å². The molecule has 2 N–H and O–H groups in total. The molecule has 0 heterocycles. The standard InChI is InChI=1S/C8H14O5.Na.H/c1-5(3-7(9)10)13-6(2)4-8(11)12;;/h5-6H,3-4H2,1-2H3,(H,9,10)(H,11,12);;. The first-order chi connectivity index (χ1) is 5.91. The Kier molecular flexibility index (Phi) is 9.60. The number of hydrogen-bond acceptors (Lipinski definition) is 3. The van der Waals surface area contributed by atoms with Gasteiger partial charge in [0.1, 0.15) is 0 Å². The second kappa shape index (κ2) is 8.23. The van der Waals surface area contributed by atoms with Gasteiger partial charge in [-0.15, -0.1) is 0 Å². The maximum atomic E-state index is 10.2. The third-order valence-corrected chi connectivity index (χ3v) is 1.39. The van der Waals surface area contributed by atoms with Gasteiger partial charge < -0.3 is 14.9 Å². The Morgan fingerprint density at radius 3 is 1.57 bits per heavy atom. The monoisotopic (exact) mass is 214 g/mol. The van der Waals surface area contributed by atoms with Crippen LogP contribution in [0, 0.1) is 0 Å². The first-order valence-electron chi connectivity index (χ1n) is 4.01. The van der Waals surface area contributed by atoms with E-state index in [-0.39, 0.29) is 42.4 Å². The molecular formula is C8H15NaO5. The molecule has 0 aliphatic heterocycles. The molecule has 0 aliphatic carbocycles. The molecule has 0 amide bonds. The number of hydrogen-bond donors (Lipinski definition) is 2. The molecule has 0 aromatic heterocycles. The van der Waals surface area contributed by atoms with Crippen LogP contribution in [0.2, 0.25) is 0 Å². The fourth-order valence-corrected chi connectivity index (χ4v) is 0.985. The average Bonchev–Trinajstić information content (AvgIpc) is 1.80. The van der Waals surface area contributed by atoms with Crippen molar-refractivity contribution < 1.29 is 24.5 Å². The Labute approximate surface area is 105 Å². The van der Waals surface area contributed by atoms with Crippen molar-refractivity contribution in [1.82, 2.24) is 0 Å². The molecule has 14 heavy (non-hydrogen) atoms. The molecule has 0 aromatic carbocycles. The Balaban J connectivity index is 0. The van der Waals surface area contributed by atoms with Crippen LogP contribution in [0.15, 0.2) is 0 Å². The Hall–Kier alpha value is -0.100. The summed E-state index contributed by atoms with van der Waals surface area (Å²) < 4.78 is 5.11. The fourth-order valence-electron chi connectivity index (χ4n) is 0.985. The quantitative estimate of drug-likeness (QED) is 0.612. The second-order valence-corrected chi connectivity index (χ2v) is 2.95. The predicted octanol–water partition coefficient (Wildman–Crippen LogP) is 0.0809. The van der Waals surface area contributed by atoms with E-state index in [1.54, 1.807) is 13.8 Å². The molecule has 0 saturated heterocycles. The summed E-state index contributed by atoms with van der Waals surface area (Å²) in [5.41, 5.74) is 0. The Morgan fingerprint density at radius 2 is 1.36 bits per heavy atom. The van der Waals surface area contributed by atoms with Crippen molar-refractivity contribution in [1.29, 1.82) is 0 Å². The van der Waals surface area contributed by atoms with Crippen LogP contribution in [0.4, 0.5) is 0 Å². The number of ether oxygens (including phenoxy) is 1. The summed E-state index contributed by atoms with van der Waals surface area (Å²) in [4.78, 5) is 20.4. The second-order valence-electron chi connectivity index (χ2n) is 2.95. The van der Waals surface area contributed by atoms with E-state index in [1.807, 2.05) is 0 Å². The molecule has 2 unspecified atom stereocenters. The molecule has 0 spiro atoms. The number of carboxylic acids is 2. The van der Waals surface area contributed by atoms with E-state index < -0.39 is 24.1 Å². The van der Waals surface area contributed by atoms with Crippen LogP contribution in [0.1, 0.15) is 26.7 Å². The van der Waals surface area contributed by atoms with Crippen LogP contribution in [-0.2, 0) is 14.3 Å². The van der Waals surface area contributed by atoms with Gasteiger partial charge in [-0.05, 0) is 13.8 Å². The van der Waals surface area contributed by atoms with Crippen molar-refractivity contribution >= 4 is 41.5 Å². The minimum atomic E-state index is -0.949. The number of carboxylic acid groups (broad SMARTS) is 2. The summed E-state index contributed by atoms with van der Waals surface area (Å²) in [6.45, 7) is 3.21. The molecule has 78 valence electrons. The summed E-state index contributed by atoms with van der Waals surface area (Å²) in [6.07, 6.45) is -1.12. The van der Waals surface area contributed by atoms with E-state index in [2.05, 4.69) is 0 Å². The van der Waals surface area contributed by atoms with Crippen molar-refractivity contribution in [2.75, 3.05) is 0 Å². The van der Waals surface area contributed by atoms with E-state index in [0.717, 1.165) is 0 Å². The van der Waals surface area contributed by atoms with Crippen molar-refractivity contribution in [2.45, 2.75) is 38.9 Å². The van der Waals surface area contributed by atoms with Gasteiger partial charge in [0.15, 0.2) is 0 Å². The van der Waals surface area contributed by atoms with Crippen LogP contribution in [-0.4, -0.2) is 63.9 Å². The van der Waals surface area contributed by atoms with Gasteiger partial charge in [0, 0.05) is 0 Å². The van der Waals surface area contributed by atoms with Crippen LogP contribution in [0.3, 0.4) is 0 Å². The summed E-state index contributed by atoms with van der Waals surface area (Å²) in [7, 11) is 0. The molecule has 0 radical (unpaired) electrons. The Morgan fingerprint density at radius 1 is 1.07 bits per heavy atom. The van der Waals surface area contributed by atoms with Gasteiger partial charge in [-0.2, -0.15) is 0 Å². The van der Waals surface area contributed by atoms with Crippen molar-refractivity contribution in [3.63, 3.8) is 0 Å². The van der Waals surface area contributed by atoms with Gasteiger partial charge in [0.25, 0.3) is 0 Å². The van der Waals surface area contributed by atoms with Crippen LogP contribution in [0.25, 0.3) is 0 Å². The third-order valence-electron chi connectivity index (χ3n) is 1.39. The van der Waals surface area contributed by atoms with E-state index in [0.29, 0.717) is 0 Å². The molecule has 2 atom stereocenters. The first kappa shape index (κ1) is 16.3. The molecule has 6 heteroatoms. The first-order valence-corrected chi connectivity index (χ1v) is 4.01. The van der Waals surface area contributed by atoms with Crippen LogP contribution >= 0.6 is 0 Å². The summed E-state index contributed by atoms with van der Waals surface area (Å²) >= 11 is 0. The molecule has 0 bridgehead atoms. The summed E-state index contributed by atoms with van der Waals surface area (Å²) in [5, 5.41) is 16.8.